The second-order valence-electron chi connectivity index (χ2n) is 6.44. The van der Waals surface area contributed by atoms with Gasteiger partial charge in [-0.15, -0.1) is 0 Å². The molecule has 0 saturated heterocycles. The summed E-state index contributed by atoms with van der Waals surface area (Å²) < 4.78 is 54.0. The van der Waals surface area contributed by atoms with Crippen molar-refractivity contribution < 1.29 is 22.7 Å². The molecule has 0 amide bonds. The number of hydrogen-bond donors (Lipinski definition) is 2. The van der Waals surface area contributed by atoms with Gasteiger partial charge in [0.2, 0.25) is 5.95 Å². The highest BCUT2D eigenvalue weighted by molar-refractivity contribution is 5.78. The molecule has 150 valence electrons. The molecule has 1 aromatic carbocycles. The second-order valence-corrected chi connectivity index (χ2v) is 6.44. The molecule has 3 rings (SSSR count). The molecule has 0 bridgehead atoms. The average Bonchev–Trinajstić information content (AvgIpc) is 2.99. The van der Waals surface area contributed by atoms with E-state index in [1.165, 1.54) is 11.6 Å². The van der Waals surface area contributed by atoms with E-state index in [0.717, 1.165) is 12.1 Å². The predicted octanol–water partition coefficient (Wildman–Crippen LogP) is 2.45. The summed E-state index contributed by atoms with van der Waals surface area (Å²) in [4.78, 5) is 20.8. The highest BCUT2D eigenvalue weighted by Gasteiger charge is 2.32. The van der Waals surface area contributed by atoms with Gasteiger partial charge in [0.25, 0.3) is 5.56 Å². The topological polar surface area (TPSA) is 87.0 Å². The van der Waals surface area contributed by atoms with Gasteiger partial charge >= 0.3 is 6.18 Å². The van der Waals surface area contributed by atoms with Crippen molar-refractivity contribution in [2.24, 2.45) is 0 Å². The lowest BCUT2D eigenvalue weighted by molar-refractivity contribution is -0.137. The lowest BCUT2D eigenvalue weighted by atomic mass is 10.0. The van der Waals surface area contributed by atoms with E-state index in [-0.39, 0.29) is 28.2 Å². The Labute approximate surface area is 156 Å². The summed E-state index contributed by atoms with van der Waals surface area (Å²) in [5, 5.41) is 13.7. The Bertz CT molecular complexity index is 1090. The SMILES string of the molecule is C[C@H](c1ccc(C(F)(F)F)cc1F)n1nc(CO)c2c(=O)[nH]c(N(C)C)nc21. The highest BCUT2D eigenvalue weighted by atomic mass is 19.4. The first kappa shape index (κ1) is 19.8. The number of aromatic nitrogens is 4. The van der Waals surface area contributed by atoms with Gasteiger partial charge in [0.05, 0.1) is 18.2 Å². The number of anilines is 1. The maximum atomic E-state index is 14.4. The third-order valence-electron chi connectivity index (χ3n) is 4.34. The summed E-state index contributed by atoms with van der Waals surface area (Å²) in [6.45, 7) is 0.954. The van der Waals surface area contributed by atoms with Crippen LogP contribution in [0.1, 0.15) is 29.8 Å². The maximum Gasteiger partial charge on any atom is 0.416 e. The molecule has 2 aromatic heterocycles. The van der Waals surface area contributed by atoms with Gasteiger partial charge in [0.15, 0.2) is 5.65 Å². The zero-order chi connectivity index (χ0) is 20.8. The lowest BCUT2D eigenvalue weighted by Gasteiger charge is -2.17. The van der Waals surface area contributed by atoms with Crippen molar-refractivity contribution >= 4 is 17.0 Å². The molecule has 3 aromatic rings. The lowest BCUT2D eigenvalue weighted by Crippen LogP contribution is -2.20. The molecule has 0 aliphatic rings. The number of aliphatic hydroxyl groups excluding tert-OH is 1. The van der Waals surface area contributed by atoms with Gasteiger partial charge in [-0.25, -0.2) is 9.07 Å². The minimum Gasteiger partial charge on any atom is -0.390 e. The highest BCUT2D eigenvalue weighted by Crippen LogP contribution is 2.32. The minimum absolute atomic E-state index is 0.0345. The van der Waals surface area contributed by atoms with E-state index in [2.05, 4.69) is 15.1 Å². The van der Waals surface area contributed by atoms with Crippen molar-refractivity contribution in [2.75, 3.05) is 19.0 Å². The van der Waals surface area contributed by atoms with Gasteiger partial charge in [-0.05, 0) is 19.1 Å². The average molecular weight is 399 g/mol. The normalized spacial score (nSPS) is 13.1. The Morgan fingerprint density at radius 3 is 2.54 bits per heavy atom. The van der Waals surface area contributed by atoms with Crippen LogP contribution < -0.4 is 10.5 Å². The van der Waals surface area contributed by atoms with Crippen molar-refractivity contribution in [3.63, 3.8) is 0 Å². The smallest absolute Gasteiger partial charge is 0.390 e. The van der Waals surface area contributed by atoms with Crippen LogP contribution in [0.15, 0.2) is 23.0 Å². The van der Waals surface area contributed by atoms with Gasteiger partial charge < -0.3 is 10.0 Å². The van der Waals surface area contributed by atoms with Crippen molar-refractivity contribution in [2.45, 2.75) is 25.7 Å². The number of fused-ring (bicyclic) bond motifs is 1. The molecule has 0 aliphatic heterocycles. The zero-order valence-corrected chi connectivity index (χ0v) is 15.2. The maximum absolute atomic E-state index is 14.4. The van der Waals surface area contributed by atoms with Crippen molar-refractivity contribution in [1.29, 1.82) is 0 Å². The number of alkyl halides is 3. The summed E-state index contributed by atoms with van der Waals surface area (Å²) in [6, 6.07) is 1.33. The predicted molar refractivity (Wildman–Crippen MR) is 93.6 cm³/mol. The third kappa shape index (κ3) is 3.33. The van der Waals surface area contributed by atoms with Crippen LogP contribution in [0.4, 0.5) is 23.5 Å². The molecule has 0 saturated carbocycles. The Morgan fingerprint density at radius 1 is 1.32 bits per heavy atom. The second kappa shape index (κ2) is 6.89. The van der Waals surface area contributed by atoms with E-state index >= 15 is 0 Å². The van der Waals surface area contributed by atoms with Crippen LogP contribution in [-0.2, 0) is 12.8 Å². The van der Waals surface area contributed by atoms with E-state index in [1.54, 1.807) is 19.0 Å². The van der Waals surface area contributed by atoms with Gasteiger partial charge in [0.1, 0.15) is 16.9 Å². The molecule has 0 aliphatic carbocycles. The molecular weight excluding hydrogens is 382 g/mol. The Balaban J connectivity index is 2.19. The van der Waals surface area contributed by atoms with Crippen molar-refractivity contribution in [3.8, 4) is 0 Å². The molecular formula is C17H17F4N5O2. The quantitative estimate of drug-likeness (QED) is 0.658. The standard InChI is InChI=1S/C17H17F4N5O2/c1-8(10-5-4-9(6-11(10)18)17(19,20)21)26-14-13(12(7-27)24-26)15(28)23-16(22-14)25(2)3/h4-6,8,27H,7H2,1-3H3,(H,22,23,28)/t8-/m1/s1. The minimum atomic E-state index is -4.67. The van der Waals surface area contributed by atoms with Gasteiger partial charge in [-0.3, -0.25) is 9.78 Å². The third-order valence-corrected chi connectivity index (χ3v) is 4.34. The van der Waals surface area contributed by atoms with Crippen LogP contribution in [0.3, 0.4) is 0 Å². The molecule has 11 heteroatoms. The first-order valence-corrected chi connectivity index (χ1v) is 8.20. The zero-order valence-electron chi connectivity index (χ0n) is 15.2. The van der Waals surface area contributed by atoms with Crippen molar-refractivity contribution in [3.05, 3.63) is 51.2 Å². The molecule has 0 fully saturated rings. The summed E-state index contributed by atoms with van der Waals surface area (Å²) in [6.07, 6.45) is -4.67. The Kier molecular flexibility index (Phi) is 4.88. The number of nitrogens with zero attached hydrogens (tertiary/aromatic N) is 4. The first-order chi connectivity index (χ1) is 13.0. The number of hydrogen-bond acceptors (Lipinski definition) is 5. The van der Waals surface area contributed by atoms with Gasteiger partial charge in [0, 0.05) is 19.7 Å². The molecule has 7 nitrogen and oxygen atoms in total. The monoisotopic (exact) mass is 399 g/mol. The number of rotatable bonds is 4. The summed E-state index contributed by atoms with van der Waals surface area (Å²) >= 11 is 0. The largest absolute Gasteiger partial charge is 0.416 e. The van der Waals surface area contributed by atoms with E-state index in [9.17, 15) is 27.5 Å². The summed E-state index contributed by atoms with van der Waals surface area (Å²) in [5.41, 5.74) is -1.58. The van der Waals surface area contributed by atoms with Crippen LogP contribution in [0.5, 0.6) is 0 Å². The van der Waals surface area contributed by atoms with Crippen molar-refractivity contribution in [1.82, 2.24) is 19.7 Å². The molecule has 2 N–H and O–H groups in total. The number of benzene rings is 1. The van der Waals surface area contributed by atoms with Crippen LogP contribution in [0.2, 0.25) is 0 Å². The number of nitrogens with one attached hydrogen (secondary N) is 1. The first-order valence-electron chi connectivity index (χ1n) is 8.20. The fourth-order valence-electron chi connectivity index (χ4n) is 2.87. The van der Waals surface area contributed by atoms with Crippen LogP contribution >= 0.6 is 0 Å². The Morgan fingerprint density at radius 2 is 2.00 bits per heavy atom. The van der Waals surface area contributed by atoms with Crippen LogP contribution in [0.25, 0.3) is 11.0 Å². The molecule has 2 heterocycles. The number of aromatic amines is 1. The molecule has 0 spiro atoms. The Hall–Kier alpha value is -2.95. The van der Waals surface area contributed by atoms with Crippen LogP contribution in [0, 0.1) is 5.82 Å². The van der Waals surface area contributed by atoms with E-state index in [0.29, 0.717) is 6.07 Å². The van der Waals surface area contributed by atoms with Gasteiger partial charge in [-0.2, -0.15) is 23.3 Å². The number of H-pyrrole nitrogens is 1. The fourth-order valence-corrected chi connectivity index (χ4v) is 2.87. The molecule has 0 unspecified atom stereocenters. The molecule has 0 radical (unpaired) electrons. The molecule has 1 atom stereocenters. The number of aliphatic hydroxyl groups is 1. The fraction of sp³-hybridized carbons (Fsp3) is 0.353. The van der Waals surface area contributed by atoms with E-state index in [1.807, 2.05) is 0 Å². The summed E-state index contributed by atoms with van der Waals surface area (Å²) in [5.74, 6) is -0.850. The number of halogens is 4. The summed E-state index contributed by atoms with van der Waals surface area (Å²) in [7, 11) is 3.30. The van der Waals surface area contributed by atoms with Crippen LogP contribution in [-0.4, -0.2) is 39.0 Å². The molecule has 28 heavy (non-hydrogen) atoms. The van der Waals surface area contributed by atoms with E-state index < -0.39 is 35.8 Å². The van der Waals surface area contributed by atoms with Gasteiger partial charge in [-0.1, -0.05) is 6.07 Å². The van der Waals surface area contributed by atoms with E-state index in [4.69, 9.17) is 0 Å².